The zero-order valence-electron chi connectivity index (χ0n) is 64.0. The van der Waals surface area contributed by atoms with Crippen LogP contribution in [0.5, 0.6) is 0 Å². The highest BCUT2D eigenvalue weighted by Crippen LogP contribution is 2.29. The predicted octanol–water partition coefficient (Wildman–Crippen LogP) is 11.6. The Hall–Kier alpha value is -14.3. The van der Waals surface area contributed by atoms with Gasteiger partial charge in [-0.1, -0.05) is 130 Å². The van der Waals surface area contributed by atoms with Crippen LogP contribution >= 0.6 is 0 Å². The molecule has 610 valence electrons. The quantitative estimate of drug-likeness (QED) is 0.00827. The number of rotatable bonds is 21. The number of imide groups is 1. The number of aromatic amines is 4. The zero-order valence-corrected chi connectivity index (χ0v) is 64.0. The lowest BCUT2D eigenvalue weighted by molar-refractivity contribution is -0.168. The molecule has 0 radical (unpaired) electrons. The second kappa shape index (κ2) is 40.2. The van der Waals surface area contributed by atoms with Gasteiger partial charge < -0.3 is 26.0 Å². The van der Waals surface area contributed by atoms with Crippen LogP contribution in [-0.2, 0) is 81.6 Å². The highest BCUT2D eigenvalue weighted by Gasteiger charge is 2.38. The maximum absolute atomic E-state index is 14.4. The first-order chi connectivity index (χ1) is 55.6. The first-order valence-electron chi connectivity index (χ1n) is 36.3. The highest BCUT2D eigenvalue weighted by atomic mass is 19.1. The lowest BCUT2D eigenvalue weighted by Crippen LogP contribution is -2.31. The third-order valence-corrected chi connectivity index (χ3v) is 18.2. The number of carboxylic acids is 2. The predicted molar refractivity (Wildman–Crippen MR) is 431 cm³/mol. The third-order valence-electron chi connectivity index (χ3n) is 18.2. The van der Waals surface area contributed by atoms with Crippen molar-refractivity contribution >= 4 is 108 Å². The Labute approximate surface area is 669 Å². The van der Waals surface area contributed by atoms with Gasteiger partial charge in [-0.15, -0.1) is 0 Å². The van der Waals surface area contributed by atoms with Gasteiger partial charge in [0.2, 0.25) is 6.08 Å². The summed E-state index contributed by atoms with van der Waals surface area (Å²) in [7, 11) is 0. The zero-order chi connectivity index (χ0) is 85.1. The molecule has 1 aliphatic heterocycles. The van der Waals surface area contributed by atoms with E-state index >= 15 is 0 Å². The molecule has 32 heteroatoms. The number of halogens is 4. The second-order valence-corrected chi connectivity index (χ2v) is 28.4. The number of hydrogen-bond acceptors (Lipinski definition) is 20. The summed E-state index contributed by atoms with van der Waals surface area (Å²) in [5.74, 6) is -8.61. The topological polar surface area (TPSA) is 440 Å². The van der Waals surface area contributed by atoms with Crippen molar-refractivity contribution < 1.29 is 75.7 Å². The van der Waals surface area contributed by atoms with E-state index in [2.05, 4.69) is 51.1 Å². The molecule has 4 aromatic heterocycles. The Kier molecular flexibility index (Phi) is 30.4. The molecule has 118 heavy (non-hydrogen) atoms. The molecule has 0 spiro atoms. The molecule has 0 unspecified atom stereocenters. The number of anilines is 1. The summed E-state index contributed by atoms with van der Waals surface area (Å²) in [6, 6.07) is 43.7. The summed E-state index contributed by atoms with van der Waals surface area (Å²) in [5, 5.41) is 50.4. The van der Waals surface area contributed by atoms with E-state index < -0.39 is 88.4 Å². The number of esters is 2. The molecular weight excluding hydrogens is 1530 g/mol. The SMILES string of the molecule is C.C[C@@H](CC(=O)Cc1cc(Cc2n[nH]c(=O)c3ccccc23)ccc1F)C(=O)O.C[C@@H](CC(=O)Cc1cc(Cc2n[nH]c(=O)c3ccccc23)ccc1F)C(=O)OC(=O)C(C)(C)C.C[C@@H](N)C(=O)O.C[C@H]1NC(=O)N(c2cc(Cc3n[nH]c(=O)c4ccccc34)ccc2F)C1=O.O=C=Nc1cc(Cc2n[nH]c(=O)c3ccccc23)ccc1F. The van der Waals surface area contributed by atoms with Crippen LogP contribution in [0.1, 0.15) is 125 Å². The number of ketones is 2. The molecule has 0 aliphatic carbocycles. The summed E-state index contributed by atoms with van der Waals surface area (Å²) < 4.78 is 61.2. The van der Waals surface area contributed by atoms with Crippen LogP contribution in [0.3, 0.4) is 0 Å². The van der Waals surface area contributed by atoms with Crippen LogP contribution < -0.4 is 38.2 Å². The normalized spacial score (nSPS) is 12.9. The minimum absolute atomic E-state index is 0. The fourth-order valence-electron chi connectivity index (χ4n) is 12.0. The number of carbonyl (C=O) groups is 8. The van der Waals surface area contributed by atoms with E-state index in [4.69, 9.17) is 20.7 Å². The minimum atomic E-state index is -1.06. The number of H-pyrrole nitrogens is 4. The first-order valence-corrected chi connectivity index (χ1v) is 36.3. The first kappa shape index (κ1) is 89.3. The number of urea groups is 1. The van der Waals surface area contributed by atoms with Gasteiger partial charge in [-0.25, -0.2) is 52.4 Å². The van der Waals surface area contributed by atoms with Gasteiger partial charge in [0.25, 0.3) is 28.1 Å². The largest absolute Gasteiger partial charge is 0.481 e. The number of carbonyl (C=O) groups excluding carboxylic acids is 7. The molecule has 0 bridgehead atoms. The number of aliphatic carboxylic acids is 2. The van der Waals surface area contributed by atoms with Crippen molar-refractivity contribution in [1.82, 2.24) is 46.1 Å². The molecule has 4 atom stereocenters. The summed E-state index contributed by atoms with van der Waals surface area (Å²) in [6.45, 7) is 10.8. The van der Waals surface area contributed by atoms with Crippen molar-refractivity contribution in [2.45, 2.75) is 119 Å². The molecule has 1 aliphatic rings. The fourth-order valence-corrected chi connectivity index (χ4v) is 12.0. The Bertz CT molecular complexity index is 6130. The maximum atomic E-state index is 14.4. The smallest absolute Gasteiger partial charge is 0.329 e. The van der Waals surface area contributed by atoms with Crippen LogP contribution in [0, 0.1) is 40.5 Å². The molecule has 1 saturated heterocycles. The molecule has 8 aromatic carbocycles. The third kappa shape index (κ3) is 23.2. The second-order valence-electron chi connectivity index (χ2n) is 28.4. The summed E-state index contributed by atoms with van der Waals surface area (Å²) in [5.41, 5.74) is 8.47. The number of carboxylic acid groups (broad SMARTS) is 2. The van der Waals surface area contributed by atoms with E-state index in [0.29, 0.717) is 91.7 Å². The number of Topliss-reactive ketones (excluding diaryl/α,β-unsaturated/α-hetero) is 2. The van der Waals surface area contributed by atoms with Gasteiger partial charge in [0.05, 0.1) is 67.3 Å². The van der Waals surface area contributed by atoms with E-state index in [1.807, 2.05) is 18.2 Å². The standard InChI is InChI=1S/C26H27FN2O5.C21H19FN2O4.C19H15FN4O3.C16H10FN3O2.C3H7NO2.CH4/c1-15(24(32)34-25(33)26(2,3)4)11-18(30)14-17-12-16(9-10-21(17)27)13-22-19-7-5-6-8-20(19)23(31)29-28-22;1-12(21(27)28)8-15(25)11-14-9-13(6-7-18(14)22)10-19-16-4-2-3-5-17(16)20(26)24-23-19;1-10-18(26)24(19(27)21-10)16-9-11(6-7-14(16)20)8-15-12-4-2-3-5-13(12)17(25)23-22-15;17-13-6-5-10(8-15(13)18-9-21)7-14-11-3-1-2-4-12(11)16(22)20-19-14;1-2(4)3(5)6;/h5-10,12,15H,11,13-14H2,1-4H3,(H,29,31);2-7,9,12H,8,10-11H2,1H3,(H,24,26)(H,27,28);2-7,9-10H,8H2,1H3,(H,21,27)(H,23,25);1-6,8H,7H2,(H,20,22);2H,4H2,1H3,(H,5,6);1H4/t15-;12-;10-;;2-;/m001.1./s1. The van der Waals surface area contributed by atoms with Crippen LogP contribution in [0.15, 0.2) is 194 Å². The number of isocyanates is 1. The number of ether oxygens (including phenoxy) is 1. The number of nitrogens with one attached hydrogen (secondary N) is 5. The molecule has 0 saturated carbocycles. The number of fused-ring (bicyclic) bond motifs is 4. The van der Waals surface area contributed by atoms with Gasteiger partial charge in [-0.05, 0) is 129 Å². The number of aliphatic imine (C=N–C) groups is 1. The molecular formula is C86H82F4N12O16. The van der Waals surface area contributed by atoms with Crippen molar-refractivity contribution in [2.24, 2.45) is 28.0 Å². The number of amides is 3. The van der Waals surface area contributed by atoms with Crippen LogP contribution in [0.4, 0.5) is 33.7 Å². The van der Waals surface area contributed by atoms with Crippen LogP contribution in [-0.4, -0.2) is 117 Å². The van der Waals surface area contributed by atoms with E-state index in [1.165, 1.54) is 63.2 Å². The summed E-state index contributed by atoms with van der Waals surface area (Å²) in [4.78, 5) is 155. The Morgan fingerprint density at radius 1 is 0.500 bits per heavy atom. The van der Waals surface area contributed by atoms with Gasteiger partial charge >= 0.3 is 29.9 Å². The molecule has 3 amide bonds. The van der Waals surface area contributed by atoms with Crippen LogP contribution in [0.25, 0.3) is 43.1 Å². The average molecular weight is 1620 g/mol. The van der Waals surface area contributed by atoms with Crippen molar-refractivity contribution in [1.29, 1.82) is 0 Å². The van der Waals surface area contributed by atoms with Crippen molar-refractivity contribution in [3.8, 4) is 0 Å². The van der Waals surface area contributed by atoms with Gasteiger partial charge in [0, 0.05) is 72.9 Å². The molecule has 9 N–H and O–H groups in total. The van der Waals surface area contributed by atoms with E-state index in [9.17, 15) is 79.9 Å². The number of benzene rings is 8. The Morgan fingerprint density at radius 3 is 1.16 bits per heavy atom. The molecule has 5 heterocycles. The fraction of sp³-hybridized carbons (Fsp3) is 0.244. The molecule has 12 aromatic rings. The van der Waals surface area contributed by atoms with Gasteiger partial charge in [-0.3, -0.25) is 52.7 Å². The number of aromatic nitrogens is 8. The van der Waals surface area contributed by atoms with Crippen molar-refractivity contribution in [2.75, 3.05) is 4.90 Å². The van der Waals surface area contributed by atoms with Gasteiger partial charge in [0.15, 0.2) is 0 Å². The van der Waals surface area contributed by atoms with E-state index in [0.717, 1.165) is 27.0 Å². The molecule has 13 rings (SSSR count). The van der Waals surface area contributed by atoms with Crippen molar-refractivity contribution in [3.05, 3.63) is 291 Å². The monoisotopic (exact) mass is 1610 g/mol. The lowest BCUT2D eigenvalue weighted by Gasteiger charge is -2.17. The average Bonchev–Trinajstić information content (AvgIpc) is 1.54. The summed E-state index contributed by atoms with van der Waals surface area (Å²) in [6.07, 6.45) is 1.98. The van der Waals surface area contributed by atoms with Crippen molar-refractivity contribution in [3.63, 3.8) is 0 Å². The van der Waals surface area contributed by atoms with Gasteiger partial charge in [-0.2, -0.15) is 25.4 Å². The Morgan fingerprint density at radius 2 is 0.831 bits per heavy atom. The van der Waals surface area contributed by atoms with Crippen LogP contribution in [0.2, 0.25) is 0 Å². The minimum Gasteiger partial charge on any atom is -0.481 e. The van der Waals surface area contributed by atoms with Gasteiger partial charge in [0.1, 0.15) is 52.6 Å². The summed E-state index contributed by atoms with van der Waals surface area (Å²) >= 11 is 0. The van der Waals surface area contributed by atoms with E-state index in [-0.39, 0.29) is 89.4 Å². The Balaban J connectivity index is 0.000000193. The lowest BCUT2D eigenvalue weighted by atomic mass is 9.96. The highest BCUT2D eigenvalue weighted by molar-refractivity contribution is 6.21. The number of nitrogens with two attached hydrogens (primary N) is 1. The molecule has 1 fully saturated rings. The number of hydrogen-bond donors (Lipinski definition) is 8. The van der Waals surface area contributed by atoms with E-state index in [1.54, 1.807) is 143 Å². The number of nitrogens with zero attached hydrogens (tertiary/aromatic N) is 6. The molecule has 28 nitrogen and oxygen atoms in total. The maximum Gasteiger partial charge on any atom is 0.329 e.